The molecule has 31 heavy (non-hydrogen) atoms. The number of amides is 1. The average Bonchev–Trinajstić information content (AvgIpc) is 3.40. The molecular formula is C18H16ClFN4O5S2. The van der Waals surface area contributed by atoms with Gasteiger partial charge in [0.2, 0.25) is 15.9 Å². The van der Waals surface area contributed by atoms with Gasteiger partial charge in [-0.25, -0.2) is 22.2 Å². The Hall–Kier alpha value is -2.54. The third kappa shape index (κ3) is 4.28. The molecule has 1 aliphatic rings. The molecule has 3 heterocycles. The first-order valence-corrected chi connectivity index (χ1v) is 11.8. The minimum atomic E-state index is -3.88. The summed E-state index contributed by atoms with van der Waals surface area (Å²) in [6, 6.07) is 6.76. The first kappa shape index (κ1) is 21.7. The normalized spacial score (nSPS) is 15.4. The molecule has 1 saturated heterocycles. The van der Waals surface area contributed by atoms with E-state index < -0.39 is 21.6 Å². The lowest BCUT2D eigenvalue weighted by Crippen LogP contribution is -2.51. The van der Waals surface area contributed by atoms with Gasteiger partial charge in [-0.05, 0) is 29.6 Å². The van der Waals surface area contributed by atoms with Crippen molar-refractivity contribution in [1.82, 2.24) is 18.9 Å². The Morgan fingerprint density at radius 1 is 1.23 bits per heavy atom. The van der Waals surface area contributed by atoms with Crippen LogP contribution in [-0.4, -0.2) is 59.4 Å². The fraction of sp³-hybridized carbons (Fsp3) is 0.278. The van der Waals surface area contributed by atoms with Crippen LogP contribution in [0.2, 0.25) is 5.02 Å². The highest BCUT2D eigenvalue weighted by atomic mass is 35.5. The van der Waals surface area contributed by atoms with Crippen molar-refractivity contribution in [1.29, 1.82) is 0 Å². The number of piperazine rings is 1. The molecule has 0 spiro atoms. The van der Waals surface area contributed by atoms with E-state index in [1.54, 1.807) is 12.1 Å². The molecule has 0 aliphatic carbocycles. The zero-order chi connectivity index (χ0) is 22.2. The summed E-state index contributed by atoms with van der Waals surface area (Å²) in [5, 5.41) is 5.27. The van der Waals surface area contributed by atoms with Crippen LogP contribution in [-0.2, 0) is 21.4 Å². The lowest BCUT2D eigenvalue weighted by atomic mass is 10.3. The van der Waals surface area contributed by atoms with Crippen molar-refractivity contribution in [3.63, 3.8) is 0 Å². The highest BCUT2D eigenvalue weighted by Crippen LogP contribution is 2.24. The molecule has 1 amide bonds. The molecule has 164 valence electrons. The van der Waals surface area contributed by atoms with Crippen molar-refractivity contribution in [2.75, 3.05) is 26.2 Å². The number of carbonyl (C=O) groups is 1. The molecule has 2 aromatic heterocycles. The van der Waals surface area contributed by atoms with Crippen molar-refractivity contribution in [2.45, 2.75) is 11.4 Å². The van der Waals surface area contributed by atoms with Crippen LogP contribution >= 0.6 is 22.9 Å². The summed E-state index contributed by atoms with van der Waals surface area (Å²) in [5.41, 5.74) is 0. The third-order valence-electron chi connectivity index (χ3n) is 4.84. The van der Waals surface area contributed by atoms with E-state index in [0.29, 0.717) is 4.88 Å². The topological polar surface area (TPSA) is 106 Å². The monoisotopic (exact) mass is 486 g/mol. The second-order valence-corrected chi connectivity index (χ2v) is 9.99. The smallest absolute Gasteiger partial charge is 0.338 e. The van der Waals surface area contributed by atoms with Gasteiger partial charge in [-0.15, -0.1) is 11.3 Å². The SMILES string of the molecule is O=C(Cn1c(-c2cccs2)noc1=O)N1CCN(S(=O)(=O)c2ccc(F)c(Cl)c2)CC1. The van der Waals surface area contributed by atoms with Crippen molar-refractivity contribution < 1.29 is 22.1 Å². The van der Waals surface area contributed by atoms with Crippen molar-refractivity contribution in [3.05, 3.63) is 57.1 Å². The van der Waals surface area contributed by atoms with E-state index in [0.717, 1.165) is 22.8 Å². The molecule has 4 rings (SSSR count). The Morgan fingerprint density at radius 2 is 1.97 bits per heavy atom. The Bertz CT molecular complexity index is 1260. The van der Waals surface area contributed by atoms with Gasteiger partial charge in [-0.3, -0.25) is 9.32 Å². The fourth-order valence-corrected chi connectivity index (χ4v) is 5.60. The van der Waals surface area contributed by atoms with Crippen LogP contribution in [0.4, 0.5) is 4.39 Å². The van der Waals surface area contributed by atoms with Gasteiger partial charge in [-0.1, -0.05) is 22.8 Å². The minimum Gasteiger partial charge on any atom is -0.338 e. The summed E-state index contributed by atoms with van der Waals surface area (Å²) in [7, 11) is -3.88. The van der Waals surface area contributed by atoms with Gasteiger partial charge in [-0.2, -0.15) is 4.31 Å². The Labute approximate surface area is 185 Å². The van der Waals surface area contributed by atoms with Gasteiger partial charge >= 0.3 is 5.76 Å². The fourth-order valence-electron chi connectivity index (χ4n) is 3.19. The minimum absolute atomic E-state index is 0.0549. The number of nitrogens with zero attached hydrogens (tertiary/aromatic N) is 4. The van der Waals surface area contributed by atoms with Gasteiger partial charge in [0.05, 0.1) is 14.8 Å². The second-order valence-electron chi connectivity index (χ2n) is 6.70. The number of hydrogen-bond donors (Lipinski definition) is 0. The van der Waals surface area contributed by atoms with Crippen LogP contribution in [0, 0.1) is 5.82 Å². The predicted octanol–water partition coefficient (Wildman–Crippen LogP) is 1.89. The van der Waals surface area contributed by atoms with E-state index >= 15 is 0 Å². The number of aromatic nitrogens is 2. The number of thiophene rings is 1. The van der Waals surface area contributed by atoms with Gasteiger partial charge in [0.25, 0.3) is 0 Å². The molecule has 1 fully saturated rings. The number of sulfonamides is 1. The van der Waals surface area contributed by atoms with Crippen molar-refractivity contribution in [2.24, 2.45) is 0 Å². The zero-order valence-corrected chi connectivity index (χ0v) is 18.3. The molecule has 0 bridgehead atoms. The van der Waals surface area contributed by atoms with Crippen molar-refractivity contribution >= 4 is 38.9 Å². The Kier molecular flexibility index (Phi) is 5.97. The molecule has 0 saturated carbocycles. The van der Waals surface area contributed by atoms with Crippen LogP contribution in [0.15, 0.2) is 49.9 Å². The van der Waals surface area contributed by atoms with Crippen LogP contribution in [0.5, 0.6) is 0 Å². The standard InChI is InChI=1S/C18H16ClFN4O5S2/c19-13-10-12(3-4-14(13)20)31(27,28)23-7-5-22(6-8-23)16(25)11-24-17(21-29-18(24)26)15-2-1-9-30-15/h1-4,9-10H,5-8,11H2. The van der Waals surface area contributed by atoms with E-state index in [-0.39, 0.29) is 54.4 Å². The second kappa shape index (κ2) is 8.54. The number of halogens is 2. The summed E-state index contributed by atoms with van der Waals surface area (Å²) in [6.45, 7) is 0.122. The summed E-state index contributed by atoms with van der Waals surface area (Å²) in [5.74, 6) is -1.54. The first-order valence-electron chi connectivity index (χ1n) is 9.11. The molecule has 9 nitrogen and oxygen atoms in total. The highest BCUT2D eigenvalue weighted by Gasteiger charge is 2.31. The van der Waals surface area contributed by atoms with Gasteiger partial charge in [0, 0.05) is 26.2 Å². The average molecular weight is 487 g/mol. The molecule has 1 aromatic carbocycles. The molecule has 13 heteroatoms. The Morgan fingerprint density at radius 3 is 2.61 bits per heavy atom. The Balaban J connectivity index is 1.44. The molecule has 0 N–H and O–H groups in total. The molecule has 0 atom stereocenters. The maximum Gasteiger partial charge on any atom is 0.442 e. The first-order chi connectivity index (χ1) is 14.8. The van der Waals surface area contributed by atoms with Crippen LogP contribution in [0.25, 0.3) is 10.7 Å². The van der Waals surface area contributed by atoms with Gasteiger partial charge in [0.1, 0.15) is 12.4 Å². The predicted molar refractivity (Wildman–Crippen MR) is 111 cm³/mol. The van der Waals surface area contributed by atoms with E-state index in [1.807, 2.05) is 5.38 Å². The van der Waals surface area contributed by atoms with E-state index in [1.165, 1.54) is 20.5 Å². The van der Waals surface area contributed by atoms with Gasteiger partial charge in [0.15, 0.2) is 5.82 Å². The van der Waals surface area contributed by atoms with E-state index in [2.05, 4.69) is 5.16 Å². The van der Waals surface area contributed by atoms with Crippen LogP contribution < -0.4 is 5.76 Å². The van der Waals surface area contributed by atoms with Crippen LogP contribution in [0.3, 0.4) is 0 Å². The number of carbonyl (C=O) groups excluding carboxylic acids is 1. The zero-order valence-electron chi connectivity index (χ0n) is 15.9. The number of rotatable bonds is 5. The number of hydrogen-bond acceptors (Lipinski definition) is 7. The largest absolute Gasteiger partial charge is 0.442 e. The summed E-state index contributed by atoms with van der Waals surface area (Å²) in [6.07, 6.45) is 0. The highest BCUT2D eigenvalue weighted by molar-refractivity contribution is 7.89. The lowest BCUT2D eigenvalue weighted by molar-refractivity contribution is -0.133. The lowest BCUT2D eigenvalue weighted by Gasteiger charge is -2.34. The number of benzene rings is 1. The molecule has 1 aliphatic heterocycles. The molecule has 0 radical (unpaired) electrons. The molecule has 0 unspecified atom stereocenters. The third-order valence-corrected chi connectivity index (χ3v) is 7.89. The summed E-state index contributed by atoms with van der Waals surface area (Å²) in [4.78, 5) is 26.8. The van der Waals surface area contributed by atoms with E-state index in [4.69, 9.17) is 16.1 Å². The maximum absolute atomic E-state index is 13.4. The summed E-state index contributed by atoms with van der Waals surface area (Å²) < 4.78 is 46.0. The molecular weight excluding hydrogens is 471 g/mol. The molecule has 3 aromatic rings. The van der Waals surface area contributed by atoms with Crippen LogP contribution in [0.1, 0.15) is 0 Å². The van der Waals surface area contributed by atoms with E-state index in [9.17, 15) is 22.4 Å². The summed E-state index contributed by atoms with van der Waals surface area (Å²) >= 11 is 7.06. The van der Waals surface area contributed by atoms with Crippen molar-refractivity contribution in [3.8, 4) is 10.7 Å². The van der Waals surface area contributed by atoms with Gasteiger partial charge < -0.3 is 4.90 Å². The quantitative estimate of drug-likeness (QED) is 0.545. The maximum atomic E-state index is 13.4.